The topological polar surface area (TPSA) is 35.5 Å². The average Bonchev–Trinajstić information content (AvgIpc) is 2.88. The lowest BCUT2D eigenvalue weighted by molar-refractivity contribution is -0.111. The summed E-state index contributed by atoms with van der Waals surface area (Å²) in [5.41, 5.74) is 1.58. The van der Waals surface area contributed by atoms with Gasteiger partial charge in [-0.2, -0.15) is 0 Å². The molecule has 0 aromatic heterocycles. The van der Waals surface area contributed by atoms with Crippen LogP contribution in [0.3, 0.4) is 0 Å². The lowest BCUT2D eigenvalue weighted by Crippen LogP contribution is -2.04. The fraction of sp³-hybridized carbons (Fsp3) is 0.0625. The van der Waals surface area contributed by atoms with Crippen LogP contribution in [0.1, 0.15) is 5.56 Å². The fourth-order valence-electron chi connectivity index (χ4n) is 1.91. The van der Waals surface area contributed by atoms with Gasteiger partial charge in [0.15, 0.2) is 17.3 Å². The van der Waals surface area contributed by atoms with E-state index >= 15 is 0 Å². The Hall–Kier alpha value is -2.26. The SMILES string of the molecule is O=C1C=C2OCOC2=C/C1=C\C=C\c1ccc(Cl)cc1. The molecular formula is C16H11ClO3. The van der Waals surface area contributed by atoms with Gasteiger partial charge in [-0.3, -0.25) is 4.79 Å². The van der Waals surface area contributed by atoms with Crippen LogP contribution in [-0.4, -0.2) is 12.6 Å². The van der Waals surface area contributed by atoms with Crippen molar-refractivity contribution in [1.82, 2.24) is 0 Å². The van der Waals surface area contributed by atoms with Crippen LogP contribution in [0.4, 0.5) is 0 Å². The molecule has 4 heteroatoms. The zero-order valence-electron chi connectivity index (χ0n) is 10.5. The van der Waals surface area contributed by atoms with Gasteiger partial charge in [0.2, 0.25) is 6.79 Å². The van der Waals surface area contributed by atoms with E-state index in [1.54, 1.807) is 12.2 Å². The van der Waals surface area contributed by atoms with Crippen molar-refractivity contribution >= 4 is 23.5 Å². The van der Waals surface area contributed by atoms with E-state index in [1.807, 2.05) is 36.4 Å². The molecule has 0 N–H and O–H groups in total. The summed E-state index contributed by atoms with van der Waals surface area (Å²) in [5, 5.41) is 0.698. The van der Waals surface area contributed by atoms with E-state index in [0.717, 1.165) is 5.56 Å². The fourth-order valence-corrected chi connectivity index (χ4v) is 2.03. The van der Waals surface area contributed by atoms with Crippen LogP contribution in [-0.2, 0) is 14.3 Å². The molecule has 3 rings (SSSR count). The first kappa shape index (κ1) is 12.8. The van der Waals surface area contributed by atoms with Gasteiger partial charge in [-0.15, -0.1) is 0 Å². The number of ketones is 1. The highest BCUT2D eigenvalue weighted by atomic mass is 35.5. The van der Waals surface area contributed by atoms with Crippen LogP contribution >= 0.6 is 11.6 Å². The molecule has 0 unspecified atom stereocenters. The zero-order chi connectivity index (χ0) is 13.9. The maximum Gasteiger partial charge on any atom is 0.231 e. The first-order valence-electron chi connectivity index (χ1n) is 6.10. The van der Waals surface area contributed by atoms with E-state index in [4.69, 9.17) is 21.1 Å². The molecule has 0 amide bonds. The van der Waals surface area contributed by atoms with Crippen LogP contribution in [0.5, 0.6) is 0 Å². The summed E-state index contributed by atoms with van der Waals surface area (Å²) in [6.07, 6.45) is 8.61. The molecule has 20 heavy (non-hydrogen) atoms. The summed E-state index contributed by atoms with van der Waals surface area (Å²) < 4.78 is 10.4. The van der Waals surface area contributed by atoms with E-state index in [9.17, 15) is 4.79 Å². The van der Waals surface area contributed by atoms with Crippen molar-refractivity contribution in [2.24, 2.45) is 0 Å². The van der Waals surface area contributed by atoms with Crippen LogP contribution < -0.4 is 0 Å². The molecule has 1 aromatic carbocycles. The van der Waals surface area contributed by atoms with Crippen molar-refractivity contribution in [1.29, 1.82) is 0 Å². The second kappa shape index (κ2) is 5.39. The Bertz CT molecular complexity index is 663. The minimum absolute atomic E-state index is 0.0880. The Kier molecular flexibility index (Phi) is 3.44. The summed E-state index contributed by atoms with van der Waals surface area (Å²) in [7, 11) is 0. The van der Waals surface area contributed by atoms with Crippen molar-refractivity contribution < 1.29 is 14.3 Å². The quantitative estimate of drug-likeness (QED) is 0.779. The molecule has 3 nitrogen and oxygen atoms in total. The Morgan fingerprint density at radius 2 is 1.75 bits per heavy atom. The summed E-state index contributed by atoms with van der Waals surface area (Å²) in [5.74, 6) is 1.03. The van der Waals surface area contributed by atoms with Crippen LogP contribution in [0, 0.1) is 0 Å². The van der Waals surface area contributed by atoms with Gasteiger partial charge in [0.05, 0.1) is 0 Å². The highest BCUT2D eigenvalue weighted by Crippen LogP contribution is 2.27. The molecule has 1 aliphatic carbocycles. The molecule has 1 saturated heterocycles. The highest BCUT2D eigenvalue weighted by Gasteiger charge is 2.24. The number of benzene rings is 1. The standard InChI is InChI=1S/C16H11ClO3/c17-13-6-4-11(5-7-13)2-1-3-12-8-15-16(9-14(12)18)20-10-19-15/h1-9H,10H2/b2-1+,12-3+. The number of hydrogen-bond acceptors (Lipinski definition) is 3. The van der Waals surface area contributed by atoms with Gasteiger partial charge in [-0.25, -0.2) is 0 Å². The van der Waals surface area contributed by atoms with E-state index < -0.39 is 0 Å². The van der Waals surface area contributed by atoms with Gasteiger partial charge in [0.1, 0.15) is 0 Å². The van der Waals surface area contributed by atoms with Crippen molar-refractivity contribution in [3.63, 3.8) is 0 Å². The van der Waals surface area contributed by atoms with Crippen LogP contribution in [0.25, 0.3) is 6.08 Å². The van der Waals surface area contributed by atoms with Crippen molar-refractivity contribution in [3.8, 4) is 0 Å². The number of halogens is 1. The molecule has 0 saturated carbocycles. The molecule has 1 aliphatic heterocycles. The van der Waals surface area contributed by atoms with Gasteiger partial charge in [0.25, 0.3) is 0 Å². The van der Waals surface area contributed by atoms with Crippen LogP contribution in [0.2, 0.25) is 5.02 Å². The second-order valence-electron chi connectivity index (χ2n) is 4.32. The third-order valence-corrected chi connectivity index (χ3v) is 3.19. The van der Waals surface area contributed by atoms with E-state index in [1.165, 1.54) is 6.08 Å². The molecule has 2 aliphatic rings. The molecule has 1 heterocycles. The third kappa shape index (κ3) is 2.68. The van der Waals surface area contributed by atoms with Crippen molar-refractivity contribution in [2.75, 3.05) is 6.79 Å². The predicted molar refractivity (Wildman–Crippen MR) is 76.8 cm³/mol. The smallest absolute Gasteiger partial charge is 0.231 e. The maximum absolute atomic E-state index is 11.8. The summed E-state index contributed by atoms with van der Waals surface area (Å²) >= 11 is 5.82. The Morgan fingerprint density at radius 1 is 1.05 bits per heavy atom. The van der Waals surface area contributed by atoms with E-state index in [-0.39, 0.29) is 12.6 Å². The molecule has 0 radical (unpaired) electrons. The van der Waals surface area contributed by atoms with Gasteiger partial charge < -0.3 is 9.47 Å². The highest BCUT2D eigenvalue weighted by molar-refractivity contribution is 6.30. The maximum atomic E-state index is 11.8. The van der Waals surface area contributed by atoms with E-state index in [2.05, 4.69) is 0 Å². The predicted octanol–water partition coefficient (Wildman–Crippen LogP) is 3.63. The number of carbonyl (C=O) groups is 1. The molecule has 0 bridgehead atoms. The second-order valence-corrected chi connectivity index (χ2v) is 4.76. The number of rotatable bonds is 2. The van der Waals surface area contributed by atoms with Crippen molar-refractivity contribution in [2.45, 2.75) is 0 Å². The van der Waals surface area contributed by atoms with Gasteiger partial charge >= 0.3 is 0 Å². The summed E-state index contributed by atoms with van der Waals surface area (Å²) in [6, 6.07) is 7.45. The minimum atomic E-state index is -0.0880. The largest absolute Gasteiger partial charge is 0.454 e. The molecule has 1 aromatic rings. The molecule has 0 spiro atoms. The summed E-state index contributed by atoms with van der Waals surface area (Å²) in [4.78, 5) is 11.8. The first-order chi connectivity index (χ1) is 9.72. The Morgan fingerprint density at radius 3 is 2.50 bits per heavy atom. The van der Waals surface area contributed by atoms with E-state index in [0.29, 0.717) is 22.1 Å². The Balaban J connectivity index is 1.78. The third-order valence-electron chi connectivity index (χ3n) is 2.94. The first-order valence-corrected chi connectivity index (χ1v) is 6.48. The number of hydrogen-bond donors (Lipinski definition) is 0. The van der Waals surface area contributed by atoms with Gasteiger partial charge in [-0.1, -0.05) is 42.0 Å². The number of fused-ring (bicyclic) bond motifs is 1. The monoisotopic (exact) mass is 286 g/mol. The lowest BCUT2D eigenvalue weighted by Gasteiger charge is -2.05. The zero-order valence-corrected chi connectivity index (χ0v) is 11.3. The van der Waals surface area contributed by atoms with Gasteiger partial charge in [-0.05, 0) is 23.8 Å². The average molecular weight is 287 g/mol. The Labute approximate surface area is 121 Å². The number of ether oxygens (including phenoxy) is 2. The molecule has 1 fully saturated rings. The van der Waals surface area contributed by atoms with Gasteiger partial charge in [0, 0.05) is 16.7 Å². The number of allylic oxidation sites excluding steroid dienone is 5. The minimum Gasteiger partial charge on any atom is -0.454 e. The van der Waals surface area contributed by atoms with Crippen LogP contribution in [0.15, 0.2) is 65.7 Å². The van der Waals surface area contributed by atoms with Crippen molar-refractivity contribution in [3.05, 3.63) is 76.2 Å². The lowest BCUT2D eigenvalue weighted by atomic mass is 10.0. The summed E-state index contributed by atoms with van der Waals surface area (Å²) in [6.45, 7) is 0.166. The number of carbonyl (C=O) groups excluding carboxylic acids is 1. The molecule has 100 valence electrons. The molecule has 0 atom stereocenters. The normalized spacial score (nSPS) is 19.4. The molecular weight excluding hydrogens is 276 g/mol.